The fourth-order valence-corrected chi connectivity index (χ4v) is 3.26. The second-order valence-electron chi connectivity index (χ2n) is 6.51. The molecule has 3 nitrogen and oxygen atoms in total. The summed E-state index contributed by atoms with van der Waals surface area (Å²) in [7, 11) is 0. The van der Waals surface area contributed by atoms with Crippen LogP contribution in [0.25, 0.3) is 0 Å². The lowest BCUT2D eigenvalue weighted by Crippen LogP contribution is -2.42. The van der Waals surface area contributed by atoms with Crippen molar-refractivity contribution in [2.45, 2.75) is 64.6 Å². The molecule has 1 aliphatic rings. The van der Waals surface area contributed by atoms with E-state index in [0.29, 0.717) is 18.0 Å². The van der Waals surface area contributed by atoms with E-state index in [9.17, 15) is 0 Å². The Bertz CT molecular complexity index is 433. The summed E-state index contributed by atoms with van der Waals surface area (Å²) < 4.78 is 5.79. The van der Waals surface area contributed by atoms with E-state index in [-0.39, 0.29) is 6.10 Å². The average molecular weight is 290 g/mol. The Kier molecular flexibility index (Phi) is 6.07. The summed E-state index contributed by atoms with van der Waals surface area (Å²) in [6.45, 7) is 7.14. The predicted molar refractivity (Wildman–Crippen MR) is 88.6 cm³/mol. The summed E-state index contributed by atoms with van der Waals surface area (Å²) in [4.78, 5) is 0. The van der Waals surface area contributed by atoms with Crippen molar-refractivity contribution in [3.63, 3.8) is 0 Å². The first-order valence-corrected chi connectivity index (χ1v) is 8.33. The third kappa shape index (κ3) is 4.72. The van der Waals surface area contributed by atoms with Crippen LogP contribution < -0.4 is 15.8 Å². The van der Waals surface area contributed by atoms with E-state index in [1.807, 2.05) is 6.07 Å². The second-order valence-corrected chi connectivity index (χ2v) is 6.51. The minimum absolute atomic E-state index is 0.212. The molecule has 1 aromatic rings. The van der Waals surface area contributed by atoms with Crippen LogP contribution in [-0.2, 0) is 0 Å². The number of hydrogen-bond acceptors (Lipinski definition) is 3. The molecule has 0 radical (unpaired) electrons. The highest BCUT2D eigenvalue weighted by molar-refractivity contribution is 5.30. The zero-order valence-electron chi connectivity index (χ0n) is 13.6. The molecule has 0 aromatic heterocycles. The van der Waals surface area contributed by atoms with Gasteiger partial charge in [-0.1, -0.05) is 25.0 Å². The Hall–Kier alpha value is -1.06. The molecule has 0 bridgehead atoms. The van der Waals surface area contributed by atoms with E-state index in [0.717, 1.165) is 12.3 Å². The molecule has 118 valence electrons. The molecule has 0 saturated heterocycles. The highest BCUT2D eigenvalue weighted by Gasteiger charge is 2.25. The molecule has 3 N–H and O–H groups in total. The molecule has 21 heavy (non-hydrogen) atoms. The van der Waals surface area contributed by atoms with Gasteiger partial charge in [-0.2, -0.15) is 0 Å². The SMILES string of the molecule is CC(C)Oc1cccc(C(C)NC2CCCCC2CN)c1. The molecule has 0 amide bonds. The summed E-state index contributed by atoms with van der Waals surface area (Å²) in [5.41, 5.74) is 7.21. The van der Waals surface area contributed by atoms with Gasteiger partial charge >= 0.3 is 0 Å². The number of ether oxygens (including phenoxy) is 1. The molecule has 0 heterocycles. The van der Waals surface area contributed by atoms with Gasteiger partial charge in [-0.3, -0.25) is 0 Å². The smallest absolute Gasteiger partial charge is 0.120 e. The van der Waals surface area contributed by atoms with Crippen molar-refractivity contribution in [2.24, 2.45) is 11.7 Å². The van der Waals surface area contributed by atoms with Crippen LogP contribution in [0.15, 0.2) is 24.3 Å². The fraction of sp³-hybridized carbons (Fsp3) is 0.667. The summed E-state index contributed by atoms with van der Waals surface area (Å²) in [5.74, 6) is 1.58. The Morgan fingerprint density at radius 3 is 2.71 bits per heavy atom. The van der Waals surface area contributed by atoms with Crippen LogP contribution in [0.3, 0.4) is 0 Å². The van der Waals surface area contributed by atoms with Crippen molar-refractivity contribution in [1.82, 2.24) is 5.32 Å². The molecular formula is C18H30N2O. The molecule has 1 fully saturated rings. The topological polar surface area (TPSA) is 47.3 Å². The Morgan fingerprint density at radius 2 is 2.00 bits per heavy atom. The molecule has 3 heteroatoms. The van der Waals surface area contributed by atoms with Gasteiger partial charge in [0.2, 0.25) is 0 Å². The van der Waals surface area contributed by atoms with Crippen LogP contribution in [0.1, 0.15) is 58.1 Å². The minimum Gasteiger partial charge on any atom is -0.491 e. The molecule has 1 aromatic carbocycles. The molecule has 3 unspecified atom stereocenters. The maximum Gasteiger partial charge on any atom is 0.120 e. The van der Waals surface area contributed by atoms with Crippen LogP contribution in [0.5, 0.6) is 5.75 Å². The summed E-state index contributed by atoms with van der Waals surface area (Å²) in [6, 6.07) is 9.31. The van der Waals surface area contributed by atoms with Crippen molar-refractivity contribution in [2.75, 3.05) is 6.54 Å². The monoisotopic (exact) mass is 290 g/mol. The second kappa shape index (κ2) is 7.81. The zero-order valence-corrected chi connectivity index (χ0v) is 13.6. The summed E-state index contributed by atoms with van der Waals surface area (Å²) >= 11 is 0. The summed E-state index contributed by atoms with van der Waals surface area (Å²) in [5, 5.41) is 3.78. The lowest BCUT2D eigenvalue weighted by atomic mass is 9.84. The van der Waals surface area contributed by atoms with Gasteiger partial charge in [0.25, 0.3) is 0 Å². The normalized spacial score (nSPS) is 24.0. The van der Waals surface area contributed by atoms with Crippen LogP contribution in [-0.4, -0.2) is 18.7 Å². The molecule has 3 atom stereocenters. The first-order valence-electron chi connectivity index (χ1n) is 8.33. The molecule has 0 spiro atoms. The van der Waals surface area contributed by atoms with Crippen LogP contribution in [0.2, 0.25) is 0 Å². The van der Waals surface area contributed by atoms with Crippen LogP contribution in [0, 0.1) is 5.92 Å². The number of hydrogen-bond donors (Lipinski definition) is 2. The predicted octanol–water partition coefficient (Wildman–Crippen LogP) is 3.64. The fourth-order valence-electron chi connectivity index (χ4n) is 3.26. The van der Waals surface area contributed by atoms with E-state index in [4.69, 9.17) is 10.5 Å². The third-order valence-electron chi connectivity index (χ3n) is 4.41. The summed E-state index contributed by atoms with van der Waals surface area (Å²) in [6.07, 6.45) is 5.36. The zero-order chi connectivity index (χ0) is 15.2. The van der Waals surface area contributed by atoms with Gasteiger partial charge in [0.1, 0.15) is 5.75 Å². The van der Waals surface area contributed by atoms with Gasteiger partial charge in [0.15, 0.2) is 0 Å². The van der Waals surface area contributed by atoms with E-state index >= 15 is 0 Å². The Labute approximate surface area is 129 Å². The van der Waals surface area contributed by atoms with Gasteiger partial charge in [-0.25, -0.2) is 0 Å². The van der Waals surface area contributed by atoms with E-state index in [2.05, 4.69) is 44.3 Å². The van der Waals surface area contributed by atoms with Crippen LogP contribution >= 0.6 is 0 Å². The Balaban J connectivity index is 2.00. The van der Waals surface area contributed by atoms with Crippen LogP contribution in [0.4, 0.5) is 0 Å². The highest BCUT2D eigenvalue weighted by atomic mass is 16.5. The van der Waals surface area contributed by atoms with E-state index < -0.39 is 0 Å². The average Bonchev–Trinajstić information content (AvgIpc) is 2.47. The standard InChI is InChI=1S/C18H30N2O/c1-13(2)21-17-9-6-8-15(11-17)14(3)20-18-10-5-4-7-16(18)12-19/h6,8-9,11,13-14,16,18,20H,4-5,7,10,12,19H2,1-3H3. The van der Waals surface area contributed by atoms with Gasteiger partial charge < -0.3 is 15.8 Å². The molecule has 1 aliphatic carbocycles. The van der Waals surface area contributed by atoms with Crippen molar-refractivity contribution >= 4 is 0 Å². The van der Waals surface area contributed by atoms with Gasteiger partial charge in [-0.05, 0) is 63.8 Å². The number of nitrogens with two attached hydrogens (primary N) is 1. The first-order chi connectivity index (χ1) is 10.1. The maximum absolute atomic E-state index is 5.93. The van der Waals surface area contributed by atoms with E-state index in [1.54, 1.807) is 0 Å². The van der Waals surface area contributed by atoms with Gasteiger partial charge in [-0.15, -0.1) is 0 Å². The maximum atomic E-state index is 5.93. The lowest BCUT2D eigenvalue weighted by Gasteiger charge is -2.34. The van der Waals surface area contributed by atoms with Crippen molar-refractivity contribution in [1.29, 1.82) is 0 Å². The van der Waals surface area contributed by atoms with E-state index in [1.165, 1.54) is 31.2 Å². The third-order valence-corrected chi connectivity index (χ3v) is 4.41. The molecule has 1 saturated carbocycles. The Morgan fingerprint density at radius 1 is 1.24 bits per heavy atom. The molecule has 0 aliphatic heterocycles. The first kappa shape index (κ1) is 16.3. The van der Waals surface area contributed by atoms with Crippen molar-refractivity contribution in [3.8, 4) is 5.75 Å². The minimum atomic E-state index is 0.212. The molecular weight excluding hydrogens is 260 g/mol. The largest absolute Gasteiger partial charge is 0.491 e. The quantitative estimate of drug-likeness (QED) is 0.841. The lowest BCUT2D eigenvalue weighted by molar-refractivity contribution is 0.240. The highest BCUT2D eigenvalue weighted by Crippen LogP contribution is 2.27. The van der Waals surface area contributed by atoms with Gasteiger partial charge in [0, 0.05) is 12.1 Å². The van der Waals surface area contributed by atoms with Crippen molar-refractivity contribution < 1.29 is 4.74 Å². The van der Waals surface area contributed by atoms with Crippen molar-refractivity contribution in [3.05, 3.63) is 29.8 Å². The number of benzene rings is 1. The molecule has 2 rings (SSSR count). The number of nitrogens with one attached hydrogen (secondary N) is 1. The van der Waals surface area contributed by atoms with Gasteiger partial charge in [0.05, 0.1) is 6.10 Å². The number of rotatable bonds is 6.